The number of nitrogens with zero attached hydrogens (tertiary/aromatic N) is 1. The summed E-state index contributed by atoms with van der Waals surface area (Å²) in [5.74, 6) is 1.20. The van der Waals surface area contributed by atoms with Gasteiger partial charge in [0.2, 0.25) is 0 Å². The Morgan fingerprint density at radius 2 is 2.31 bits per heavy atom. The maximum Gasteiger partial charge on any atom is 0.181 e. The van der Waals surface area contributed by atoms with Gasteiger partial charge in [-0.1, -0.05) is 37.5 Å². The molecule has 0 fully saturated rings. The maximum atomic E-state index is 5.52. The van der Waals surface area contributed by atoms with Gasteiger partial charge in [0.15, 0.2) is 5.13 Å². The summed E-state index contributed by atoms with van der Waals surface area (Å²) in [6, 6.07) is 0. The van der Waals surface area contributed by atoms with E-state index in [0.29, 0.717) is 5.13 Å². The number of aromatic nitrogens is 1. The minimum atomic E-state index is 0.677. The van der Waals surface area contributed by atoms with Crippen molar-refractivity contribution in [2.75, 3.05) is 11.5 Å². The van der Waals surface area contributed by atoms with Crippen LogP contribution in [-0.2, 0) is 0 Å². The van der Waals surface area contributed by atoms with Crippen molar-refractivity contribution in [3.8, 4) is 0 Å². The first-order valence-electron chi connectivity index (χ1n) is 4.67. The van der Waals surface area contributed by atoms with Crippen LogP contribution in [-0.4, -0.2) is 10.7 Å². The highest BCUT2D eigenvalue weighted by Gasteiger charge is 1.98. The summed E-state index contributed by atoms with van der Waals surface area (Å²) in [7, 11) is 0. The highest BCUT2D eigenvalue weighted by atomic mass is 32.2. The molecule has 0 amide bonds. The van der Waals surface area contributed by atoms with Crippen molar-refractivity contribution in [1.82, 2.24) is 4.98 Å². The molecule has 1 aromatic heterocycles. The highest BCUT2D eigenvalue weighted by Crippen LogP contribution is 2.27. The quantitative estimate of drug-likeness (QED) is 0.585. The molecule has 0 aliphatic rings. The first-order valence-corrected chi connectivity index (χ1v) is 6.47. The fourth-order valence-electron chi connectivity index (χ4n) is 1.04. The number of nitrogens with two attached hydrogens (primary N) is 1. The van der Waals surface area contributed by atoms with Gasteiger partial charge in [-0.15, -0.1) is 11.8 Å². The lowest BCUT2D eigenvalue weighted by atomic mass is 10.2. The van der Waals surface area contributed by atoms with Crippen LogP contribution < -0.4 is 5.73 Å². The van der Waals surface area contributed by atoms with Crippen LogP contribution in [0, 0.1) is 0 Å². The normalized spacial score (nSPS) is 10.5. The van der Waals surface area contributed by atoms with Gasteiger partial charge < -0.3 is 5.73 Å². The second-order valence-electron chi connectivity index (χ2n) is 2.93. The minimum Gasteiger partial charge on any atom is -0.375 e. The average Bonchev–Trinajstić information content (AvgIpc) is 2.51. The molecule has 1 heterocycles. The van der Waals surface area contributed by atoms with Crippen molar-refractivity contribution in [3.63, 3.8) is 0 Å². The number of rotatable bonds is 6. The summed E-state index contributed by atoms with van der Waals surface area (Å²) in [6.45, 7) is 2.23. The van der Waals surface area contributed by atoms with E-state index in [2.05, 4.69) is 11.9 Å². The molecular formula is C9H16N2S2. The summed E-state index contributed by atoms with van der Waals surface area (Å²) in [5, 5.41) is 0.677. The van der Waals surface area contributed by atoms with Gasteiger partial charge in [-0.25, -0.2) is 4.98 Å². The van der Waals surface area contributed by atoms with Crippen molar-refractivity contribution in [2.24, 2.45) is 0 Å². The van der Waals surface area contributed by atoms with Gasteiger partial charge in [0.25, 0.3) is 0 Å². The van der Waals surface area contributed by atoms with Gasteiger partial charge in [-0.2, -0.15) is 0 Å². The third kappa shape index (κ3) is 4.52. The second kappa shape index (κ2) is 6.27. The summed E-state index contributed by atoms with van der Waals surface area (Å²) >= 11 is 3.45. The summed E-state index contributed by atoms with van der Waals surface area (Å²) < 4.78 is 1.24. The van der Waals surface area contributed by atoms with E-state index in [9.17, 15) is 0 Å². The number of anilines is 1. The molecule has 2 N–H and O–H groups in total. The number of nitrogen functional groups attached to an aromatic ring is 1. The lowest BCUT2D eigenvalue weighted by Crippen LogP contribution is -1.79. The summed E-state index contributed by atoms with van der Waals surface area (Å²) in [5.41, 5.74) is 5.52. The van der Waals surface area contributed by atoms with E-state index in [0.717, 1.165) is 0 Å². The van der Waals surface area contributed by atoms with Crippen LogP contribution >= 0.6 is 23.1 Å². The topological polar surface area (TPSA) is 38.9 Å². The van der Waals surface area contributed by atoms with Gasteiger partial charge in [-0.05, 0) is 12.2 Å². The van der Waals surface area contributed by atoms with Crippen LogP contribution in [0.3, 0.4) is 0 Å². The molecule has 0 aliphatic heterocycles. The number of thiazole rings is 1. The zero-order valence-electron chi connectivity index (χ0n) is 7.95. The molecule has 0 unspecified atom stereocenters. The molecule has 0 aliphatic carbocycles. The van der Waals surface area contributed by atoms with E-state index in [1.165, 1.54) is 35.6 Å². The van der Waals surface area contributed by atoms with Gasteiger partial charge >= 0.3 is 0 Å². The molecule has 0 radical (unpaired) electrons. The molecule has 74 valence electrons. The monoisotopic (exact) mass is 216 g/mol. The third-order valence-electron chi connectivity index (χ3n) is 1.74. The van der Waals surface area contributed by atoms with E-state index in [1.807, 2.05) is 18.0 Å². The Hall–Kier alpha value is -0.220. The molecular weight excluding hydrogens is 200 g/mol. The molecule has 0 bridgehead atoms. The first kappa shape index (κ1) is 10.9. The molecule has 0 spiro atoms. The standard InChI is InChI=1S/C9H16N2S2/c1-2-3-4-5-6-12-8-7-11-9(10)13-8/h7H,2-6H2,1H3,(H2,10,11). The average molecular weight is 216 g/mol. The molecule has 0 aromatic carbocycles. The van der Waals surface area contributed by atoms with Crippen molar-refractivity contribution in [1.29, 1.82) is 0 Å². The number of hydrogen-bond acceptors (Lipinski definition) is 4. The third-order valence-corrected chi connectivity index (χ3v) is 3.85. The molecule has 1 aromatic rings. The Balaban J connectivity index is 2.06. The van der Waals surface area contributed by atoms with Gasteiger partial charge in [0.05, 0.1) is 10.4 Å². The van der Waals surface area contributed by atoms with Crippen molar-refractivity contribution < 1.29 is 0 Å². The maximum absolute atomic E-state index is 5.52. The van der Waals surface area contributed by atoms with Crippen LogP contribution in [0.5, 0.6) is 0 Å². The fourth-order valence-corrected chi connectivity index (χ4v) is 2.88. The Labute approximate surface area is 87.9 Å². The Bertz CT molecular complexity index is 235. The summed E-state index contributed by atoms with van der Waals surface area (Å²) in [4.78, 5) is 4.01. The SMILES string of the molecule is CCCCCCSc1cnc(N)s1. The van der Waals surface area contributed by atoms with Crippen molar-refractivity contribution in [2.45, 2.75) is 36.8 Å². The molecule has 2 nitrogen and oxygen atoms in total. The Kier molecular flexibility index (Phi) is 5.23. The van der Waals surface area contributed by atoms with Gasteiger partial charge in [0, 0.05) is 0 Å². The second-order valence-corrected chi connectivity index (χ2v) is 5.38. The van der Waals surface area contributed by atoms with E-state index < -0.39 is 0 Å². The number of unbranched alkanes of at least 4 members (excludes halogenated alkanes) is 3. The number of hydrogen-bond donors (Lipinski definition) is 1. The van der Waals surface area contributed by atoms with Crippen LogP contribution in [0.25, 0.3) is 0 Å². The fraction of sp³-hybridized carbons (Fsp3) is 0.667. The molecule has 0 saturated heterocycles. The predicted octanol–water partition coefficient (Wildman–Crippen LogP) is 3.40. The molecule has 0 saturated carbocycles. The summed E-state index contributed by atoms with van der Waals surface area (Å²) in [6.07, 6.45) is 7.17. The Morgan fingerprint density at radius 3 is 2.92 bits per heavy atom. The van der Waals surface area contributed by atoms with Crippen LogP contribution in [0.2, 0.25) is 0 Å². The zero-order chi connectivity index (χ0) is 9.52. The molecule has 4 heteroatoms. The molecule has 0 atom stereocenters. The molecule has 1 rings (SSSR count). The lowest BCUT2D eigenvalue weighted by molar-refractivity contribution is 0.706. The predicted molar refractivity (Wildman–Crippen MR) is 61.4 cm³/mol. The Morgan fingerprint density at radius 1 is 1.46 bits per heavy atom. The lowest BCUT2D eigenvalue weighted by Gasteiger charge is -1.96. The first-order chi connectivity index (χ1) is 6.33. The van der Waals surface area contributed by atoms with Crippen LogP contribution in [0.4, 0.5) is 5.13 Å². The largest absolute Gasteiger partial charge is 0.375 e. The highest BCUT2D eigenvalue weighted by molar-refractivity contribution is 8.01. The van der Waals surface area contributed by atoms with E-state index in [-0.39, 0.29) is 0 Å². The minimum absolute atomic E-state index is 0.677. The van der Waals surface area contributed by atoms with E-state index in [4.69, 9.17) is 5.73 Å². The van der Waals surface area contributed by atoms with Crippen LogP contribution in [0.1, 0.15) is 32.6 Å². The van der Waals surface area contributed by atoms with E-state index >= 15 is 0 Å². The smallest absolute Gasteiger partial charge is 0.181 e. The van der Waals surface area contributed by atoms with Gasteiger partial charge in [0.1, 0.15) is 0 Å². The van der Waals surface area contributed by atoms with Crippen LogP contribution in [0.15, 0.2) is 10.4 Å². The number of thioether (sulfide) groups is 1. The zero-order valence-corrected chi connectivity index (χ0v) is 9.59. The van der Waals surface area contributed by atoms with Crippen molar-refractivity contribution >= 4 is 28.2 Å². The van der Waals surface area contributed by atoms with Gasteiger partial charge in [-0.3, -0.25) is 0 Å². The van der Waals surface area contributed by atoms with Crippen molar-refractivity contribution in [3.05, 3.63) is 6.20 Å². The van der Waals surface area contributed by atoms with E-state index in [1.54, 1.807) is 11.3 Å². The molecule has 13 heavy (non-hydrogen) atoms.